The van der Waals surface area contributed by atoms with Gasteiger partial charge in [-0.25, -0.2) is 4.79 Å². The number of aliphatic hydroxyl groups is 2. The van der Waals surface area contributed by atoms with Crippen LogP contribution in [0.3, 0.4) is 0 Å². The monoisotopic (exact) mass is 606 g/mol. The van der Waals surface area contributed by atoms with Crippen LogP contribution in [-0.4, -0.2) is 98.4 Å². The van der Waals surface area contributed by atoms with Crippen molar-refractivity contribution in [2.75, 3.05) is 31.2 Å². The first-order valence-electron chi connectivity index (χ1n) is 14.1. The van der Waals surface area contributed by atoms with Gasteiger partial charge >= 0.3 is 18.0 Å². The molecule has 0 spiro atoms. The summed E-state index contributed by atoms with van der Waals surface area (Å²) < 4.78 is 10.7. The third-order valence-electron chi connectivity index (χ3n) is 7.59. The molecule has 0 aromatic carbocycles. The smallest absolute Gasteiger partial charge is 0.327 e. The van der Waals surface area contributed by atoms with E-state index in [9.17, 15) is 29.4 Å². The molecule has 0 aromatic heterocycles. The summed E-state index contributed by atoms with van der Waals surface area (Å²) in [6, 6.07) is -0.583. The van der Waals surface area contributed by atoms with Crippen molar-refractivity contribution >= 4 is 45.5 Å². The van der Waals surface area contributed by atoms with Crippen molar-refractivity contribution in [3.8, 4) is 0 Å². The van der Waals surface area contributed by atoms with E-state index in [4.69, 9.17) is 9.47 Å². The van der Waals surface area contributed by atoms with Crippen molar-refractivity contribution in [1.29, 1.82) is 0 Å². The highest BCUT2D eigenvalue weighted by molar-refractivity contribution is 8.76. The van der Waals surface area contributed by atoms with Crippen molar-refractivity contribution in [1.82, 2.24) is 9.80 Å². The Morgan fingerprint density at radius 3 is 1.98 bits per heavy atom. The molecule has 232 valence electrons. The van der Waals surface area contributed by atoms with E-state index in [1.807, 2.05) is 41.5 Å². The predicted octanol–water partition coefficient (Wildman–Crippen LogP) is 4.40. The van der Waals surface area contributed by atoms with E-state index in [0.29, 0.717) is 24.3 Å². The molecule has 1 saturated heterocycles. The fraction of sp³-hybridized carbons (Fsp3) is 0.857. The Kier molecular flexibility index (Phi) is 14.8. The number of β-amino-alcohol motifs (C(OH)–C–C–N with tert-alkyl or cyclic N) is 2. The second-order valence-corrected chi connectivity index (χ2v) is 14.6. The number of rotatable bonds is 19. The Morgan fingerprint density at radius 1 is 0.900 bits per heavy atom. The minimum atomic E-state index is -1.20. The van der Waals surface area contributed by atoms with Gasteiger partial charge in [-0.05, 0) is 45.4 Å². The van der Waals surface area contributed by atoms with Crippen LogP contribution < -0.4 is 0 Å². The lowest BCUT2D eigenvalue weighted by Gasteiger charge is -2.29. The maximum atomic E-state index is 13.0. The maximum absolute atomic E-state index is 13.0. The second kappa shape index (κ2) is 16.2. The van der Waals surface area contributed by atoms with E-state index in [-0.39, 0.29) is 37.5 Å². The number of urea groups is 1. The standard InChI is InChI=1S/C28H50N2O8S2/c1-9-26(4,5)16-20(31)17-29-24(35)27(6,7)30(25(29)36)18-21(32)19-37-22(33)12-14-39-40-15-13-23(34)38-28(8,10-2)11-3/h20-21,31-32H,9-19H2,1-8H3. The zero-order valence-electron chi connectivity index (χ0n) is 25.5. The van der Waals surface area contributed by atoms with Crippen molar-refractivity contribution < 1.29 is 38.9 Å². The molecule has 0 radical (unpaired) electrons. The first kappa shape index (κ1) is 36.5. The number of imide groups is 1. The minimum absolute atomic E-state index is 0.111. The van der Waals surface area contributed by atoms with Gasteiger partial charge in [-0.15, -0.1) is 0 Å². The lowest BCUT2D eigenvalue weighted by atomic mass is 9.84. The first-order chi connectivity index (χ1) is 18.5. The average Bonchev–Trinajstić information content (AvgIpc) is 3.03. The molecule has 0 saturated carbocycles. The Morgan fingerprint density at radius 2 is 1.45 bits per heavy atom. The maximum Gasteiger partial charge on any atom is 0.327 e. The van der Waals surface area contributed by atoms with Crippen molar-refractivity contribution in [3.05, 3.63) is 0 Å². The second-order valence-electron chi connectivity index (χ2n) is 11.9. The van der Waals surface area contributed by atoms with Crippen LogP contribution in [0.5, 0.6) is 0 Å². The molecule has 1 aliphatic heterocycles. The highest BCUT2D eigenvalue weighted by Gasteiger charge is 2.52. The number of hydrogen-bond acceptors (Lipinski definition) is 10. The van der Waals surface area contributed by atoms with Crippen LogP contribution in [0.1, 0.15) is 93.9 Å². The number of esters is 2. The lowest BCUT2D eigenvalue weighted by Crippen LogP contribution is -2.48. The molecule has 12 heteroatoms. The molecule has 1 heterocycles. The van der Waals surface area contributed by atoms with Gasteiger partial charge in [0.15, 0.2) is 0 Å². The van der Waals surface area contributed by atoms with E-state index >= 15 is 0 Å². The summed E-state index contributed by atoms with van der Waals surface area (Å²) in [5.41, 5.74) is -1.75. The van der Waals surface area contributed by atoms with Gasteiger partial charge in [0.2, 0.25) is 0 Å². The summed E-state index contributed by atoms with van der Waals surface area (Å²) in [6.07, 6.45) is 1.22. The molecule has 2 atom stereocenters. The summed E-state index contributed by atoms with van der Waals surface area (Å²) in [4.78, 5) is 52.3. The van der Waals surface area contributed by atoms with Gasteiger partial charge in [-0.1, -0.05) is 62.6 Å². The molecule has 40 heavy (non-hydrogen) atoms. The highest BCUT2D eigenvalue weighted by atomic mass is 33.1. The van der Waals surface area contributed by atoms with E-state index in [2.05, 4.69) is 0 Å². The number of carbonyl (C=O) groups excluding carboxylic acids is 4. The minimum Gasteiger partial charge on any atom is -0.463 e. The molecule has 10 nitrogen and oxygen atoms in total. The molecule has 1 aliphatic rings. The molecule has 1 rings (SSSR count). The molecule has 0 bridgehead atoms. The number of hydrogen-bond donors (Lipinski definition) is 2. The Hall–Kier alpha value is -1.50. The van der Waals surface area contributed by atoms with Crippen LogP contribution in [0, 0.1) is 5.41 Å². The number of carbonyl (C=O) groups is 4. The zero-order chi connectivity index (χ0) is 30.7. The van der Waals surface area contributed by atoms with Gasteiger partial charge < -0.3 is 24.6 Å². The molecular formula is C28H50N2O8S2. The quantitative estimate of drug-likeness (QED) is 0.0943. The van der Waals surface area contributed by atoms with Gasteiger partial charge in [0.25, 0.3) is 5.91 Å². The van der Waals surface area contributed by atoms with Crippen LogP contribution in [0.15, 0.2) is 0 Å². The van der Waals surface area contributed by atoms with Crippen LogP contribution in [0.2, 0.25) is 0 Å². The Balaban J connectivity index is 2.40. The van der Waals surface area contributed by atoms with Crippen LogP contribution >= 0.6 is 21.6 Å². The predicted molar refractivity (Wildman–Crippen MR) is 159 cm³/mol. The van der Waals surface area contributed by atoms with Crippen molar-refractivity contribution in [2.45, 2.75) is 117 Å². The van der Waals surface area contributed by atoms with Gasteiger partial charge in [0.1, 0.15) is 23.9 Å². The average molecular weight is 607 g/mol. The van der Waals surface area contributed by atoms with Crippen LogP contribution in [0.4, 0.5) is 4.79 Å². The Labute approximate surface area is 247 Å². The summed E-state index contributed by atoms with van der Waals surface area (Å²) in [5, 5.41) is 21.0. The van der Waals surface area contributed by atoms with Crippen LogP contribution in [-0.2, 0) is 23.9 Å². The van der Waals surface area contributed by atoms with E-state index in [0.717, 1.165) is 24.2 Å². The third kappa shape index (κ3) is 11.4. The number of aliphatic hydroxyl groups excluding tert-OH is 2. The van der Waals surface area contributed by atoms with Crippen molar-refractivity contribution in [3.63, 3.8) is 0 Å². The molecule has 3 amide bonds. The normalized spacial score (nSPS) is 17.2. The molecule has 1 fully saturated rings. The summed E-state index contributed by atoms with van der Waals surface area (Å²) in [6.45, 7) is 14.5. The molecule has 0 aromatic rings. The fourth-order valence-corrected chi connectivity index (χ4v) is 6.00. The number of amides is 3. The zero-order valence-corrected chi connectivity index (χ0v) is 27.1. The van der Waals surface area contributed by atoms with Crippen molar-refractivity contribution in [2.24, 2.45) is 5.41 Å². The van der Waals surface area contributed by atoms with E-state index < -0.39 is 41.3 Å². The van der Waals surface area contributed by atoms with E-state index in [1.54, 1.807) is 13.8 Å². The van der Waals surface area contributed by atoms with Gasteiger partial charge in [-0.2, -0.15) is 0 Å². The largest absolute Gasteiger partial charge is 0.463 e. The molecule has 2 N–H and O–H groups in total. The number of ether oxygens (including phenoxy) is 2. The fourth-order valence-electron chi connectivity index (χ4n) is 4.06. The van der Waals surface area contributed by atoms with Gasteiger partial charge in [0, 0.05) is 11.5 Å². The third-order valence-corrected chi connectivity index (χ3v) is 10.0. The highest BCUT2D eigenvalue weighted by Crippen LogP contribution is 2.31. The lowest BCUT2D eigenvalue weighted by molar-refractivity contribution is -0.158. The number of nitrogens with zero attached hydrogens (tertiary/aromatic N) is 2. The summed E-state index contributed by atoms with van der Waals surface area (Å²) in [5.74, 6) is -0.103. The molecular weight excluding hydrogens is 556 g/mol. The summed E-state index contributed by atoms with van der Waals surface area (Å²) in [7, 11) is 2.93. The topological polar surface area (TPSA) is 134 Å². The SMILES string of the molecule is CCC(C)(C)CC(O)CN1C(=O)N(CC(O)COC(=O)CCSSCCC(=O)OC(C)(CC)CC)C(C)(C)C1=O. The Bertz CT molecular complexity index is 863. The van der Waals surface area contributed by atoms with E-state index in [1.165, 1.54) is 26.5 Å². The summed E-state index contributed by atoms with van der Waals surface area (Å²) >= 11 is 0. The van der Waals surface area contributed by atoms with Gasteiger partial charge in [0.05, 0.1) is 32.0 Å². The molecule has 2 unspecified atom stereocenters. The van der Waals surface area contributed by atoms with Gasteiger partial charge in [-0.3, -0.25) is 19.3 Å². The molecule has 0 aliphatic carbocycles. The first-order valence-corrected chi connectivity index (χ1v) is 16.6. The van der Waals surface area contributed by atoms with Crippen LogP contribution in [0.25, 0.3) is 0 Å².